The van der Waals surface area contributed by atoms with Gasteiger partial charge in [-0.3, -0.25) is 13.9 Å². The molecule has 0 aliphatic rings. The minimum Gasteiger partial charge on any atom is -0.505 e. The van der Waals surface area contributed by atoms with Crippen molar-refractivity contribution in [3.63, 3.8) is 0 Å². The van der Waals surface area contributed by atoms with Crippen molar-refractivity contribution in [2.24, 2.45) is 20.5 Å². The number of hydrogen-bond acceptors (Lipinski definition) is 30. The van der Waals surface area contributed by atoms with Gasteiger partial charge in [0.15, 0.2) is 17.3 Å². The van der Waals surface area contributed by atoms with Crippen molar-refractivity contribution in [2.75, 3.05) is 70.1 Å². The van der Waals surface area contributed by atoms with Gasteiger partial charge in [-0.25, -0.2) is 19.2 Å². The molecule has 2 heterocycles. The number of aliphatic hydroxyl groups excluding tert-OH is 2. The number of benzene rings is 8. The van der Waals surface area contributed by atoms with Gasteiger partial charge < -0.3 is 78.1 Å². The molecule has 0 aliphatic carbocycles. The number of hydrogen-bond donors (Lipinski definition) is 17. The topological polar surface area (TPSA) is 567 Å². The number of aromatic nitrogens is 6. The number of phenols is 2. The van der Waals surface area contributed by atoms with Crippen LogP contribution in [0.5, 0.6) is 11.5 Å². The summed E-state index contributed by atoms with van der Waals surface area (Å²) >= 11 is 0. The Morgan fingerprint density at radius 2 is 0.750 bits per heavy atom. The number of aryl methyl sites for hydroxylation is 2. The number of rotatable bonds is 28. The van der Waals surface area contributed by atoms with E-state index in [1.807, 2.05) is 0 Å². The predicted molar refractivity (Wildman–Crippen MR) is 359 cm³/mol. The number of azo groups is 2. The van der Waals surface area contributed by atoms with E-state index >= 15 is 0 Å². The molecule has 17 N–H and O–H groups in total. The van der Waals surface area contributed by atoms with Crippen LogP contribution in [0, 0.1) is 13.8 Å². The number of ketones is 1. The van der Waals surface area contributed by atoms with Crippen molar-refractivity contribution < 1.29 is 90.8 Å². The van der Waals surface area contributed by atoms with Gasteiger partial charge in [0.1, 0.15) is 11.4 Å². The smallest absolute Gasteiger partial charge is 0.335 e. The van der Waals surface area contributed by atoms with Crippen molar-refractivity contribution in [1.29, 1.82) is 0 Å². The van der Waals surface area contributed by atoms with Crippen LogP contribution in [0.25, 0.3) is 21.5 Å². The zero-order chi connectivity index (χ0) is 71.9. The van der Waals surface area contributed by atoms with Crippen LogP contribution in [0.4, 0.5) is 86.9 Å². The van der Waals surface area contributed by atoms with Crippen molar-refractivity contribution in [2.45, 2.75) is 23.6 Å². The number of aliphatic hydroxyl groups is 2. The Morgan fingerprint density at radius 1 is 0.410 bits per heavy atom. The summed E-state index contributed by atoms with van der Waals surface area (Å²) in [5.74, 6) is -8.28. The molecular weight excluding hydrogens is 1350 g/mol. The largest absolute Gasteiger partial charge is 0.505 e. The standard InChI is InChI=1S/C62H53N17O19S2/c1-28-15-31-23-42(99(93,94)95)25-44(47(31)51(83)49(28)78-76-40-19-33(53(85)86)17-34(20-40)54(87)88)68-61-72-57(63-11-13-80)70-59(74-61)66-38-5-3-30(4-6-38)46(82)27-65-37-7-9-39(10-8-37)67-60-71-58(64-12-14-81)73-62(75-60)69-45-26-43(100(96,97)98)24-32-16-29(2)50(52(84)48(32)45)79-77-41-21-35(55(89)90)18-36(22-41)56(91)92/h3-10,15-26,65,80-81,83-84H,11-14,27H2,1-2H3,(H,85,86)(H,87,88)(H,89,90)(H,91,92)(H,93,94,95)(H,96,97,98)(H3,63,66,68,70,72,74)(H3,64,67,69,71,73,75). The van der Waals surface area contributed by atoms with Crippen LogP contribution in [-0.2, 0) is 20.2 Å². The van der Waals surface area contributed by atoms with Crippen molar-refractivity contribution in [3.8, 4) is 11.5 Å². The zero-order valence-electron chi connectivity index (χ0n) is 51.5. The van der Waals surface area contributed by atoms with E-state index in [1.165, 1.54) is 38.1 Å². The zero-order valence-corrected chi connectivity index (χ0v) is 53.2. The average molecular weight is 1400 g/mol. The second-order valence-electron chi connectivity index (χ2n) is 21.4. The molecule has 0 radical (unpaired) electrons. The average Bonchev–Trinajstić information content (AvgIpc) is 0.763. The number of carbonyl (C=O) groups excluding carboxylic acids is 1. The first-order valence-electron chi connectivity index (χ1n) is 28.9. The molecule has 2 aromatic heterocycles. The maximum Gasteiger partial charge on any atom is 0.335 e. The molecule has 38 heteroatoms. The van der Waals surface area contributed by atoms with Crippen LogP contribution < -0.4 is 37.2 Å². The number of anilines is 11. The Labute approximate surface area is 562 Å². The highest BCUT2D eigenvalue weighted by atomic mass is 32.2. The van der Waals surface area contributed by atoms with Crippen LogP contribution in [0.2, 0.25) is 0 Å². The van der Waals surface area contributed by atoms with E-state index in [-0.39, 0.29) is 147 Å². The number of phenolic OH excluding ortho intramolecular Hbond substituents is 2. The molecule has 0 saturated carbocycles. The van der Waals surface area contributed by atoms with Crippen molar-refractivity contribution >= 4 is 158 Å². The molecule has 0 bridgehead atoms. The molecular formula is C62H53N17O19S2. The number of carboxylic acids is 4. The lowest BCUT2D eigenvalue weighted by Gasteiger charge is -2.16. The fourth-order valence-electron chi connectivity index (χ4n) is 9.70. The fraction of sp³-hybridized carbons (Fsp3) is 0.113. The SMILES string of the molecule is Cc1cc2cc(S(=O)(=O)O)cc(Nc3nc(NCCO)nc(Nc4ccc(NCC(=O)c5ccc(Nc6nc(NCCO)nc(Nc7cc(S(=O)(=O)O)cc8cc(C)c(N=Nc9cc(C(=O)O)cc(C(=O)O)c9)c(O)c78)n6)cc5)cc4)n3)c2c(O)c1N=Nc1cc(C(=O)O)cc(C(=O)O)c1. The van der Waals surface area contributed by atoms with E-state index in [9.17, 15) is 90.8 Å². The van der Waals surface area contributed by atoms with Gasteiger partial charge in [0, 0.05) is 46.5 Å². The number of Topliss-reactive ketones (excluding diaryl/α,β-unsaturated/α-hetero) is 1. The van der Waals surface area contributed by atoms with Crippen LogP contribution >= 0.6 is 0 Å². The van der Waals surface area contributed by atoms with E-state index in [0.29, 0.717) is 17.1 Å². The number of aromatic carboxylic acids is 4. The molecule has 0 atom stereocenters. The maximum absolute atomic E-state index is 13.5. The Bertz CT molecular complexity index is 5220. The maximum atomic E-state index is 13.5. The number of nitrogens with one attached hydrogen (secondary N) is 7. The van der Waals surface area contributed by atoms with Gasteiger partial charge in [0.25, 0.3) is 20.2 Å². The molecule has 0 saturated heterocycles. The van der Waals surface area contributed by atoms with Crippen LogP contribution in [0.15, 0.2) is 152 Å². The number of carbonyl (C=O) groups is 5. The summed E-state index contributed by atoms with van der Waals surface area (Å²) in [5, 5.41) is 117. The van der Waals surface area contributed by atoms with Crippen LogP contribution in [0.1, 0.15) is 62.9 Å². The first-order valence-corrected chi connectivity index (χ1v) is 31.8. The summed E-state index contributed by atoms with van der Waals surface area (Å²) < 4.78 is 70.6. The van der Waals surface area contributed by atoms with Crippen LogP contribution in [-0.4, -0.2) is 159 Å². The lowest BCUT2D eigenvalue weighted by molar-refractivity contribution is 0.0676. The lowest BCUT2D eigenvalue weighted by atomic mass is 10.0. The molecule has 36 nitrogen and oxygen atoms in total. The van der Waals surface area contributed by atoms with Gasteiger partial charge in [-0.15, -0.1) is 10.2 Å². The molecule has 100 heavy (non-hydrogen) atoms. The Hall–Kier alpha value is -13.0. The Morgan fingerprint density at radius 3 is 1.10 bits per heavy atom. The third kappa shape index (κ3) is 16.6. The van der Waals surface area contributed by atoms with E-state index in [4.69, 9.17) is 0 Å². The summed E-state index contributed by atoms with van der Waals surface area (Å²) in [7, 11) is -9.79. The fourth-order valence-corrected chi connectivity index (χ4v) is 10.8. The normalized spacial score (nSPS) is 11.6. The van der Waals surface area contributed by atoms with E-state index < -0.39 is 87.7 Å². The van der Waals surface area contributed by atoms with Gasteiger partial charge in [0.05, 0.1) is 74.6 Å². The number of aromatic hydroxyl groups is 2. The minimum absolute atomic E-state index is 0.0363. The highest BCUT2D eigenvalue weighted by molar-refractivity contribution is 7.86. The van der Waals surface area contributed by atoms with E-state index in [1.54, 1.807) is 36.4 Å². The minimum atomic E-state index is -4.90. The third-order valence-corrected chi connectivity index (χ3v) is 15.9. The molecule has 0 unspecified atom stereocenters. The molecule has 0 aliphatic heterocycles. The van der Waals surface area contributed by atoms with E-state index in [2.05, 4.69) is 87.6 Å². The molecule has 10 rings (SSSR count). The lowest BCUT2D eigenvalue weighted by Crippen LogP contribution is -2.14. The number of nitrogens with zero attached hydrogens (tertiary/aromatic N) is 10. The second kappa shape index (κ2) is 29.1. The Balaban J connectivity index is 0.843. The summed E-state index contributed by atoms with van der Waals surface area (Å²) in [5.41, 5.74) is -0.839. The summed E-state index contributed by atoms with van der Waals surface area (Å²) in [6, 6.07) is 25.6. The molecule has 512 valence electrons. The highest BCUT2D eigenvalue weighted by Gasteiger charge is 2.24. The highest BCUT2D eigenvalue weighted by Crippen LogP contribution is 2.46. The number of fused-ring (bicyclic) bond motifs is 2. The van der Waals surface area contributed by atoms with Crippen LogP contribution in [0.3, 0.4) is 0 Å². The van der Waals surface area contributed by atoms with Crippen molar-refractivity contribution in [3.05, 3.63) is 160 Å². The molecule has 10 aromatic rings. The van der Waals surface area contributed by atoms with Gasteiger partial charge in [-0.2, -0.15) is 57.0 Å². The quantitative estimate of drug-likeness (QED) is 0.0123. The van der Waals surface area contributed by atoms with Gasteiger partial charge >= 0.3 is 23.9 Å². The first-order chi connectivity index (χ1) is 47.5. The van der Waals surface area contributed by atoms with E-state index in [0.717, 1.165) is 60.7 Å². The molecule has 0 amide bonds. The molecule has 8 aromatic carbocycles. The number of carboxylic acid groups (broad SMARTS) is 4. The summed E-state index contributed by atoms with van der Waals surface area (Å²) in [6.45, 7) is 1.99. The monoisotopic (exact) mass is 1400 g/mol. The summed E-state index contributed by atoms with van der Waals surface area (Å²) in [4.78, 5) is 85.5. The van der Waals surface area contributed by atoms with Crippen molar-refractivity contribution in [1.82, 2.24) is 29.9 Å². The third-order valence-electron chi connectivity index (χ3n) is 14.3. The van der Waals surface area contributed by atoms with Gasteiger partial charge in [-0.1, -0.05) is 0 Å². The molecule has 0 spiro atoms. The van der Waals surface area contributed by atoms with Gasteiger partial charge in [-0.05, 0) is 157 Å². The Kier molecular flexibility index (Phi) is 20.3. The second-order valence-corrected chi connectivity index (χ2v) is 24.2. The summed E-state index contributed by atoms with van der Waals surface area (Å²) in [6.07, 6.45) is 0. The predicted octanol–water partition coefficient (Wildman–Crippen LogP) is 9.59. The first kappa shape index (κ1) is 69.8. The van der Waals surface area contributed by atoms with Gasteiger partial charge in [0.2, 0.25) is 35.7 Å². The molecule has 0 fully saturated rings.